The van der Waals surface area contributed by atoms with E-state index in [4.69, 9.17) is 0 Å². The molecular formula is C13H11F3N2. The summed E-state index contributed by atoms with van der Waals surface area (Å²) < 4.78 is 40.5. The van der Waals surface area contributed by atoms with Gasteiger partial charge in [0, 0.05) is 11.8 Å². The summed E-state index contributed by atoms with van der Waals surface area (Å²) in [4.78, 5) is 3.68. The van der Waals surface area contributed by atoms with Gasteiger partial charge in [-0.25, -0.2) is 13.2 Å². The Labute approximate surface area is 102 Å². The van der Waals surface area contributed by atoms with E-state index in [1.54, 1.807) is 7.05 Å². The average Bonchev–Trinajstić information content (AvgIpc) is 2.34. The molecule has 0 radical (unpaired) electrons. The van der Waals surface area contributed by atoms with Crippen molar-refractivity contribution < 1.29 is 13.2 Å². The van der Waals surface area contributed by atoms with E-state index < -0.39 is 23.5 Å². The summed E-state index contributed by atoms with van der Waals surface area (Å²) in [5.41, 5.74) is 0.217. The van der Waals surface area contributed by atoms with Gasteiger partial charge in [0.15, 0.2) is 0 Å². The Bertz CT molecular complexity index is 537. The fourth-order valence-electron chi connectivity index (χ4n) is 1.85. The van der Waals surface area contributed by atoms with Crippen LogP contribution in [0.5, 0.6) is 0 Å². The summed E-state index contributed by atoms with van der Waals surface area (Å²) >= 11 is 0. The average molecular weight is 252 g/mol. The van der Waals surface area contributed by atoms with Crippen LogP contribution in [0.2, 0.25) is 0 Å². The van der Waals surface area contributed by atoms with Gasteiger partial charge in [-0.1, -0.05) is 6.07 Å². The summed E-state index contributed by atoms with van der Waals surface area (Å²) in [5, 5.41) is 2.76. The van der Waals surface area contributed by atoms with E-state index in [-0.39, 0.29) is 5.56 Å². The molecule has 0 amide bonds. The van der Waals surface area contributed by atoms with Gasteiger partial charge >= 0.3 is 0 Å². The van der Waals surface area contributed by atoms with Gasteiger partial charge in [-0.15, -0.1) is 0 Å². The molecule has 5 heteroatoms. The van der Waals surface area contributed by atoms with Crippen molar-refractivity contribution in [3.05, 3.63) is 65.2 Å². The lowest BCUT2D eigenvalue weighted by atomic mass is 9.99. The molecule has 1 atom stereocenters. The summed E-state index contributed by atoms with van der Waals surface area (Å²) in [6.45, 7) is 0. The summed E-state index contributed by atoms with van der Waals surface area (Å²) in [6.07, 6.45) is 2.41. The molecule has 0 fully saturated rings. The molecule has 1 unspecified atom stereocenters. The number of benzene rings is 1. The zero-order valence-electron chi connectivity index (χ0n) is 9.62. The lowest BCUT2D eigenvalue weighted by Gasteiger charge is -2.18. The van der Waals surface area contributed by atoms with E-state index in [2.05, 4.69) is 10.3 Å². The van der Waals surface area contributed by atoms with Crippen molar-refractivity contribution in [3.63, 3.8) is 0 Å². The van der Waals surface area contributed by atoms with Crippen molar-refractivity contribution in [2.75, 3.05) is 7.05 Å². The molecule has 94 valence electrons. The maximum absolute atomic E-state index is 13.7. The zero-order valence-corrected chi connectivity index (χ0v) is 9.62. The van der Waals surface area contributed by atoms with Crippen molar-refractivity contribution in [3.8, 4) is 0 Å². The first-order chi connectivity index (χ1) is 8.63. The standard InChI is InChI=1S/C13H11F3N2/c1-17-13(8-5-9(14)7-18-6-8)12-10(15)3-2-4-11(12)16/h2-7,13,17H,1H3. The molecule has 2 rings (SSSR count). The Morgan fingerprint density at radius 3 is 2.33 bits per heavy atom. The second-order valence-electron chi connectivity index (χ2n) is 3.79. The molecule has 0 aliphatic heterocycles. The topological polar surface area (TPSA) is 24.9 Å². The van der Waals surface area contributed by atoms with Gasteiger partial charge in [0.05, 0.1) is 12.2 Å². The monoisotopic (exact) mass is 252 g/mol. The second kappa shape index (κ2) is 5.18. The fraction of sp³-hybridized carbons (Fsp3) is 0.154. The first kappa shape index (κ1) is 12.6. The third-order valence-corrected chi connectivity index (χ3v) is 2.64. The molecule has 1 heterocycles. The predicted molar refractivity (Wildman–Crippen MR) is 61.5 cm³/mol. The van der Waals surface area contributed by atoms with Crippen LogP contribution < -0.4 is 5.32 Å². The molecule has 1 N–H and O–H groups in total. The number of hydrogen-bond donors (Lipinski definition) is 1. The number of nitrogens with one attached hydrogen (secondary N) is 1. The molecule has 0 saturated carbocycles. The highest BCUT2D eigenvalue weighted by Crippen LogP contribution is 2.26. The molecule has 0 aliphatic carbocycles. The minimum atomic E-state index is -0.783. The Kier molecular flexibility index (Phi) is 3.62. The maximum atomic E-state index is 13.7. The van der Waals surface area contributed by atoms with Crippen LogP contribution in [-0.2, 0) is 0 Å². The third-order valence-electron chi connectivity index (χ3n) is 2.64. The quantitative estimate of drug-likeness (QED) is 0.908. The second-order valence-corrected chi connectivity index (χ2v) is 3.79. The van der Waals surface area contributed by atoms with E-state index >= 15 is 0 Å². The molecule has 2 aromatic rings. The molecule has 2 nitrogen and oxygen atoms in total. The van der Waals surface area contributed by atoms with Gasteiger partial charge in [-0.05, 0) is 30.8 Å². The minimum Gasteiger partial charge on any atom is -0.309 e. The highest BCUT2D eigenvalue weighted by molar-refractivity contribution is 5.32. The molecule has 0 saturated heterocycles. The summed E-state index contributed by atoms with van der Waals surface area (Å²) in [5.74, 6) is -1.92. The zero-order chi connectivity index (χ0) is 13.1. The number of aromatic nitrogens is 1. The Morgan fingerprint density at radius 1 is 1.11 bits per heavy atom. The normalized spacial score (nSPS) is 12.4. The van der Waals surface area contributed by atoms with Crippen LogP contribution in [0.25, 0.3) is 0 Å². The molecular weight excluding hydrogens is 241 g/mol. The smallest absolute Gasteiger partial charge is 0.141 e. The summed E-state index contributed by atoms with van der Waals surface area (Å²) in [7, 11) is 1.54. The van der Waals surface area contributed by atoms with Gasteiger partial charge in [0.25, 0.3) is 0 Å². The van der Waals surface area contributed by atoms with Crippen LogP contribution in [0, 0.1) is 17.5 Å². The third kappa shape index (κ3) is 2.36. The van der Waals surface area contributed by atoms with Gasteiger partial charge in [0.2, 0.25) is 0 Å². The highest BCUT2D eigenvalue weighted by Gasteiger charge is 2.20. The summed E-state index contributed by atoms with van der Waals surface area (Å²) in [6, 6.07) is 4.02. The molecule has 0 aliphatic rings. The Morgan fingerprint density at radius 2 is 1.78 bits per heavy atom. The van der Waals surface area contributed by atoms with E-state index in [1.807, 2.05) is 0 Å². The minimum absolute atomic E-state index is 0.146. The first-order valence-electron chi connectivity index (χ1n) is 5.35. The Balaban J connectivity index is 2.52. The molecule has 0 spiro atoms. The van der Waals surface area contributed by atoms with Gasteiger partial charge in [-0.2, -0.15) is 0 Å². The van der Waals surface area contributed by atoms with Crippen LogP contribution in [0.15, 0.2) is 36.7 Å². The molecule has 18 heavy (non-hydrogen) atoms. The number of hydrogen-bond acceptors (Lipinski definition) is 2. The maximum Gasteiger partial charge on any atom is 0.141 e. The van der Waals surface area contributed by atoms with E-state index in [0.717, 1.165) is 18.3 Å². The van der Waals surface area contributed by atoms with Crippen molar-refractivity contribution >= 4 is 0 Å². The Hall–Kier alpha value is -1.88. The highest BCUT2D eigenvalue weighted by atomic mass is 19.1. The van der Waals surface area contributed by atoms with E-state index in [9.17, 15) is 13.2 Å². The number of rotatable bonds is 3. The van der Waals surface area contributed by atoms with Gasteiger partial charge in [-0.3, -0.25) is 4.98 Å². The van der Waals surface area contributed by atoms with Crippen LogP contribution in [0.3, 0.4) is 0 Å². The van der Waals surface area contributed by atoms with Crippen LogP contribution in [0.4, 0.5) is 13.2 Å². The molecule has 0 bridgehead atoms. The lowest BCUT2D eigenvalue weighted by molar-refractivity contribution is 0.519. The predicted octanol–water partition coefficient (Wildman–Crippen LogP) is 2.81. The fourth-order valence-corrected chi connectivity index (χ4v) is 1.85. The van der Waals surface area contributed by atoms with Gasteiger partial charge < -0.3 is 5.32 Å². The lowest BCUT2D eigenvalue weighted by Crippen LogP contribution is -2.20. The van der Waals surface area contributed by atoms with E-state index in [0.29, 0.717) is 5.56 Å². The number of halogens is 3. The van der Waals surface area contributed by atoms with Crippen molar-refractivity contribution in [1.82, 2.24) is 10.3 Å². The van der Waals surface area contributed by atoms with Crippen LogP contribution >= 0.6 is 0 Å². The van der Waals surface area contributed by atoms with Gasteiger partial charge in [0.1, 0.15) is 17.5 Å². The number of nitrogens with zero attached hydrogens (tertiary/aromatic N) is 1. The van der Waals surface area contributed by atoms with Crippen molar-refractivity contribution in [2.45, 2.75) is 6.04 Å². The number of pyridine rings is 1. The molecule has 1 aromatic carbocycles. The van der Waals surface area contributed by atoms with Crippen LogP contribution in [-0.4, -0.2) is 12.0 Å². The van der Waals surface area contributed by atoms with Crippen LogP contribution in [0.1, 0.15) is 17.2 Å². The molecule has 1 aromatic heterocycles. The largest absolute Gasteiger partial charge is 0.309 e. The van der Waals surface area contributed by atoms with E-state index in [1.165, 1.54) is 18.3 Å². The van der Waals surface area contributed by atoms with Crippen molar-refractivity contribution in [1.29, 1.82) is 0 Å². The SMILES string of the molecule is CNC(c1cncc(F)c1)c1c(F)cccc1F. The first-order valence-corrected chi connectivity index (χ1v) is 5.35. The van der Waals surface area contributed by atoms with Crippen molar-refractivity contribution in [2.24, 2.45) is 0 Å².